The number of hydrogen-bond donors (Lipinski definition) is 1. The van der Waals surface area contributed by atoms with Gasteiger partial charge >= 0.3 is 0 Å². The Balaban J connectivity index is 1.80. The van der Waals surface area contributed by atoms with Crippen molar-refractivity contribution in [3.63, 3.8) is 0 Å². The number of allylic oxidation sites excluding steroid dienone is 6. The van der Waals surface area contributed by atoms with E-state index in [1.165, 1.54) is 35.9 Å². The first-order chi connectivity index (χ1) is 14.6. The molecule has 0 amide bonds. The van der Waals surface area contributed by atoms with E-state index in [2.05, 4.69) is 30.3 Å². The number of rotatable bonds is 8. The van der Waals surface area contributed by atoms with Gasteiger partial charge < -0.3 is 10.1 Å². The van der Waals surface area contributed by atoms with E-state index in [1.54, 1.807) is 6.20 Å². The molecule has 2 aliphatic rings. The van der Waals surface area contributed by atoms with Gasteiger partial charge in [-0.25, -0.2) is 0 Å². The van der Waals surface area contributed by atoms with Crippen molar-refractivity contribution in [3.05, 3.63) is 51.5 Å². The van der Waals surface area contributed by atoms with E-state index >= 15 is 0 Å². The number of anilines is 1. The van der Waals surface area contributed by atoms with E-state index in [4.69, 9.17) is 16.3 Å². The summed E-state index contributed by atoms with van der Waals surface area (Å²) in [4.78, 5) is 13.0. The van der Waals surface area contributed by atoms with Crippen molar-refractivity contribution >= 4 is 23.0 Å². The van der Waals surface area contributed by atoms with E-state index in [1.807, 2.05) is 18.2 Å². The summed E-state index contributed by atoms with van der Waals surface area (Å²) in [5.41, 5.74) is 2.37. The highest BCUT2D eigenvalue weighted by Gasteiger charge is 2.17. The Kier molecular flexibility index (Phi) is 8.76. The molecule has 1 aromatic heterocycles. The Morgan fingerprint density at radius 1 is 1.30 bits per heavy atom. The zero-order chi connectivity index (χ0) is 21.3. The molecular formula is C24H34ClN3O2. The molecular weight excluding hydrogens is 398 g/mol. The van der Waals surface area contributed by atoms with Gasteiger partial charge in [0.2, 0.25) is 0 Å². The van der Waals surface area contributed by atoms with Gasteiger partial charge in [0.15, 0.2) is 0 Å². The largest absolute Gasteiger partial charge is 0.382 e. The molecule has 1 saturated carbocycles. The Morgan fingerprint density at radius 2 is 2.10 bits per heavy atom. The Morgan fingerprint density at radius 3 is 2.80 bits per heavy atom. The smallest absolute Gasteiger partial charge is 0.292 e. The maximum Gasteiger partial charge on any atom is 0.292 e. The first-order valence-corrected chi connectivity index (χ1v) is 11.6. The molecule has 0 bridgehead atoms. The second kappa shape index (κ2) is 11.5. The molecule has 1 N–H and O–H groups in total. The molecule has 1 aliphatic heterocycles. The minimum Gasteiger partial charge on any atom is -0.382 e. The van der Waals surface area contributed by atoms with Crippen LogP contribution in [0.2, 0.25) is 5.02 Å². The Labute approximate surface area is 184 Å². The van der Waals surface area contributed by atoms with E-state index < -0.39 is 0 Å². The maximum absolute atomic E-state index is 13.0. The van der Waals surface area contributed by atoms with Crippen LogP contribution in [0.3, 0.4) is 0 Å². The Hall–Kier alpha value is -1.85. The summed E-state index contributed by atoms with van der Waals surface area (Å²) in [6.07, 6.45) is 17.9. The van der Waals surface area contributed by atoms with Gasteiger partial charge in [0.25, 0.3) is 5.56 Å². The van der Waals surface area contributed by atoms with Crippen LogP contribution in [0, 0.1) is 11.8 Å². The van der Waals surface area contributed by atoms with Gasteiger partial charge in [-0.3, -0.25) is 4.79 Å². The summed E-state index contributed by atoms with van der Waals surface area (Å²) in [6, 6.07) is 0. The number of ether oxygens (including phenoxy) is 1. The molecule has 0 aromatic carbocycles. The van der Waals surface area contributed by atoms with Crippen molar-refractivity contribution in [2.45, 2.75) is 58.8 Å². The predicted octanol–water partition coefficient (Wildman–Crippen LogP) is 5.68. The third-order valence-electron chi connectivity index (χ3n) is 6.04. The summed E-state index contributed by atoms with van der Waals surface area (Å²) >= 11 is 6.43. The number of nitrogens with zero attached hydrogens (tertiary/aromatic N) is 2. The molecule has 1 aliphatic carbocycles. The van der Waals surface area contributed by atoms with Crippen LogP contribution in [0.15, 0.2) is 40.9 Å². The van der Waals surface area contributed by atoms with E-state index in [0.717, 1.165) is 44.7 Å². The summed E-state index contributed by atoms with van der Waals surface area (Å²) < 4.78 is 6.91. The molecule has 30 heavy (non-hydrogen) atoms. The van der Waals surface area contributed by atoms with Crippen LogP contribution in [0.25, 0.3) is 5.70 Å². The average Bonchev–Trinajstić information content (AvgIpc) is 3.31. The molecule has 6 heteroatoms. The van der Waals surface area contributed by atoms with Gasteiger partial charge in [-0.15, -0.1) is 0 Å². The van der Waals surface area contributed by atoms with Gasteiger partial charge in [-0.1, -0.05) is 49.1 Å². The van der Waals surface area contributed by atoms with Gasteiger partial charge in [-0.05, 0) is 63.0 Å². The molecule has 2 heterocycles. The van der Waals surface area contributed by atoms with Crippen LogP contribution < -0.4 is 10.9 Å². The van der Waals surface area contributed by atoms with Crippen molar-refractivity contribution < 1.29 is 4.74 Å². The van der Waals surface area contributed by atoms with Crippen LogP contribution in [0.1, 0.15) is 58.8 Å². The first-order valence-electron chi connectivity index (χ1n) is 11.2. The standard InChI is InChI=1S/C24H34ClN3O2/c1-3-4-11-21(13-12-18(2)20-9-5-6-10-20)28-24(29)23(25)22(16-27-28)26-15-19-8-7-14-30-17-19/h4,11-13,16,19-20,26H,3,5-10,14-15,17H2,1-2H3/b11-4+,18-12+,21-13+. The van der Waals surface area contributed by atoms with E-state index in [9.17, 15) is 4.79 Å². The first kappa shape index (κ1) is 22.8. The molecule has 2 fully saturated rings. The second-order valence-corrected chi connectivity index (χ2v) is 8.73. The third kappa shape index (κ3) is 6.08. The van der Waals surface area contributed by atoms with Crippen LogP contribution in [0.5, 0.6) is 0 Å². The van der Waals surface area contributed by atoms with Crippen molar-refractivity contribution in [1.82, 2.24) is 9.78 Å². The van der Waals surface area contributed by atoms with Crippen molar-refractivity contribution in [3.8, 4) is 0 Å². The molecule has 164 valence electrons. The van der Waals surface area contributed by atoms with Gasteiger partial charge in [0, 0.05) is 13.2 Å². The number of halogens is 1. The lowest BCUT2D eigenvalue weighted by Gasteiger charge is -2.22. The molecule has 0 radical (unpaired) electrons. The van der Waals surface area contributed by atoms with Gasteiger partial charge in [-0.2, -0.15) is 9.78 Å². The molecule has 0 spiro atoms. The summed E-state index contributed by atoms with van der Waals surface area (Å²) in [7, 11) is 0. The van der Waals surface area contributed by atoms with Crippen molar-refractivity contribution in [2.24, 2.45) is 11.8 Å². The fraction of sp³-hybridized carbons (Fsp3) is 0.583. The second-order valence-electron chi connectivity index (χ2n) is 8.35. The van der Waals surface area contributed by atoms with Crippen LogP contribution >= 0.6 is 11.6 Å². The summed E-state index contributed by atoms with van der Waals surface area (Å²) in [5.74, 6) is 1.09. The Bertz CT molecular complexity index is 844. The molecule has 3 rings (SSSR count). The maximum atomic E-state index is 13.0. The highest BCUT2D eigenvalue weighted by atomic mass is 35.5. The minimum absolute atomic E-state index is 0.175. The van der Waals surface area contributed by atoms with E-state index in [0.29, 0.717) is 17.5 Å². The van der Waals surface area contributed by atoms with Crippen LogP contribution in [-0.4, -0.2) is 29.5 Å². The highest BCUT2D eigenvalue weighted by Crippen LogP contribution is 2.30. The van der Waals surface area contributed by atoms with Crippen LogP contribution in [-0.2, 0) is 4.74 Å². The van der Waals surface area contributed by atoms with Gasteiger partial charge in [0.05, 0.1) is 24.2 Å². The SMILES string of the molecule is CC/C=C/C(=C\C=C(/C)C1CCCC1)n1ncc(NCC2CCCOC2)c(Cl)c1=O. The number of aromatic nitrogens is 2. The van der Waals surface area contributed by atoms with Crippen LogP contribution in [0.4, 0.5) is 5.69 Å². The quantitative estimate of drug-likeness (QED) is 0.538. The molecule has 1 atom stereocenters. The molecule has 1 aromatic rings. The normalized spacial score (nSPS) is 21.5. The number of nitrogens with one attached hydrogen (secondary N) is 1. The van der Waals surface area contributed by atoms with Crippen molar-refractivity contribution in [2.75, 3.05) is 25.1 Å². The lowest BCUT2D eigenvalue weighted by atomic mass is 9.98. The topological polar surface area (TPSA) is 56.1 Å². The zero-order valence-corrected chi connectivity index (χ0v) is 19.0. The fourth-order valence-corrected chi connectivity index (χ4v) is 4.33. The lowest BCUT2D eigenvalue weighted by Crippen LogP contribution is -2.27. The molecule has 1 unspecified atom stereocenters. The summed E-state index contributed by atoms with van der Waals surface area (Å²) in [6.45, 7) is 6.56. The highest BCUT2D eigenvalue weighted by molar-refractivity contribution is 6.33. The monoisotopic (exact) mass is 431 g/mol. The molecule has 1 saturated heterocycles. The van der Waals surface area contributed by atoms with Crippen molar-refractivity contribution in [1.29, 1.82) is 0 Å². The predicted molar refractivity (Wildman–Crippen MR) is 125 cm³/mol. The van der Waals surface area contributed by atoms with Gasteiger partial charge in [0.1, 0.15) is 5.02 Å². The third-order valence-corrected chi connectivity index (χ3v) is 6.40. The lowest BCUT2D eigenvalue weighted by molar-refractivity contribution is 0.0595. The average molecular weight is 432 g/mol. The molecule has 5 nitrogen and oxygen atoms in total. The number of hydrogen-bond acceptors (Lipinski definition) is 4. The summed E-state index contributed by atoms with van der Waals surface area (Å²) in [5, 5.41) is 7.87. The minimum atomic E-state index is -0.305. The zero-order valence-electron chi connectivity index (χ0n) is 18.2. The van der Waals surface area contributed by atoms with E-state index in [-0.39, 0.29) is 10.6 Å². The fourth-order valence-electron chi connectivity index (χ4n) is 4.13.